The second-order valence-corrected chi connectivity index (χ2v) is 8.42. The predicted octanol–water partition coefficient (Wildman–Crippen LogP) is 3.60. The summed E-state index contributed by atoms with van der Waals surface area (Å²) in [6, 6.07) is 13.6. The number of sulfonamides is 1. The molecule has 0 aliphatic carbocycles. The molecule has 1 heterocycles. The van der Waals surface area contributed by atoms with Gasteiger partial charge in [0, 0.05) is 48.7 Å². The van der Waals surface area contributed by atoms with E-state index < -0.39 is 10.0 Å². The molecule has 0 atom stereocenters. The summed E-state index contributed by atoms with van der Waals surface area (Å²) in [5.74, 6) is -0.228. The molecule has 0 aromatic heterocycles. The van der Waals surface area contributed by atoms with E-state index in [1.807, 2.05) is 0 Å². The molecule has 0 saturated carbocycles. The Bertz CT molecular complexity index is 877. The number of benzene rings is 2. The SMILES string of the molecule is O=S(=O)(/C=C/c1ccc(Cl)cc1)N1CCN(Cc2ccccc2F)CC1. The fourth-order valence-electron chi connectivity index (χ4n) is 2.83. The third kappa shape index (κ3) is 4.92. The molecule has 0 spiro atoms. The fraction of sp³-hybridized carbons (Fsp3) is 0.263. The lowest BCUT2D eigenvalue weighted by atomic mass is 10.2. The molecule has 0 radical (unpaired) electrons. The van der Waals surface area contributed by atoms with Crippen LogP contribution in [0.15, 0.2) is 53.9 Å². The van der Waals surface area contributed by atoms with Crippen molar-refractivity contribution in [3.8, 4) is 0 Å². The molecule has 1 aliphatic heterocycles. The standard InChI is InChI=1S/C19H20ClFN2O2S/c20-18-7-5-16(6-8-18)9-14-26(24,25)23-12-10-22(11-13-23)15-17-3-1-2-4-19(17)21/h1-9,14H,10-13,15H2/b14-9+. The van der Waals surface area contributed by atoms with Crippen LogP contribution in [0.1, 0.15) is 11.1 Å². The summed E-state index contributed by atoms with van der Waals surface area (Å²) in [7, 11) is -3.48. The highest BCUT2D eigenvalue weighted by atomic mass is 35.5. The van der Waals surface area contributed by atoms with E-state index >= 15 is 0 Å². The summed E-state index contributed by atoms with van der Waals surface area (Å²) in [5.41, 5.74) is 1.41. The van der Waals surface area contributed by atoms with Gasteiger partial charge in [0.25, 0.3) is 0 Å². The number of halogens is 2. The number of rotatable bonds is 5. The molecular weight excluding hydrogens is 375 g/mol. The number of nitrogens with zero attached hydrogens (tertiary/aromatic N) is 2. The van der Waals surface area contributed by atoms with E-state index in [2.05, 4.69) is 4.90 Å². The van der Waals surface area contributed by atoms with Gasteiger partial charge in [-0.3, -0.25) is 4.90 Å². The maximum Gasteiger partial charge on any atom is 0.236 e. The van der Waals surface area contributed by atoms with Gasteiger partial charge in [0.1, 0.15) is 5.82 Å². The normalized spacial score (nSPS) is 17.0. The van der Waals surface area contributed by atoms with Gasteiger partial charge in [-0.15, -0.1) is 0 Å². The molecule has 0 N–H and O–H groups in total. The van der Waals surface area contributed by atoms with Gasteiger partial charge in [0.15, 0.2) is 0 Å². The average molecular weight is 395 g/mol. The highest BCUT2D eigenvalue weighted by molar-refractivity contribution is 7.92. The summed E-state index contributed by atoms with van der Waals surface area (Å²) in [4.78, 5) is 2.06. The van der Waals surface area contributed by atoms with Gasteiger partial charge in [-0.2, -0.15) is 4.31 Å². The van der Waals surface area contributed by atoms with Gasteiger partial charge in [-0.1, -0.05) is 41.9 Å². The molecular formula is C19H20ClFN2O2S. The highest BCUT2D eigenvalue weighted by Crippen LogP contribution is 2.16. The van der Waals surface area contributed by atoms with Crippen molar-refractivity contribution in [1.29, 1.82) is 0 Å². The second-order valence-electron chi connectivity index (χ2n) is 6.17. The summed E-state index contributed by atoms with van der Waals surface area (Å²) in [5, 5.41) is 1.83. The Hall–Kier alpha value is -1.73. The molecule has 0 amide bonds. The van der Waals surface area contributed by atoms with Crippen molar-refractivity contribution < 1.29 is 12.8 Å². The zero-order chi connectivity index (χ0) is 18.6. The first-order valence-electron chi connectivity index (χ1n) is 8.33. The van der Waals surface area contributed by atoms with E-state index in [0.29, 0.717) is 43.3 Å². The van der Waals surface area contributed by atoms with E-state index in [1.54, 1.807) is 48.5 Å². The van der Waals surface area contributed by atoms with Gasteiger partial charge in [-0.05, 0) is 29.8 Å². The van der Waals surface area contributed by atoms with Gasteiger partial charge >= 0.3 is 0 Å². The van der Waals surface area contributed by atoms with Gasteiger partial charge in [-0.25, -0.2) is 12.8 Å². The molecule has 138 valence electrons. The van der Waals surface area contributed by atoms with Gasteiger partial charge < -0.3 is 0 Å². The molecule has 0 unspecified atom stereocenters. The minimum atomic E-state index is -3.48. The lowest BCUT2D eigenvalue weighted by molar-refractivity contribution is 0.181. The minimum absolute atomic E-state index is 0.228. The average Bonchev–Trinajstić information content (AvgIpc) is 2.64. The van der Waals surface area contributed by atoms with Crippen molar-refractivity contribution >= 4 is 27.7 Å². The zero-order valence-electron chi connectivity index (χ0n) is 14.2. The molecule has 1 saturated heterocycles. The van der Waals surface area contributed by atoms with Crippen LogP contribution in [0.2, 0.25) is 5.02 Å². The monoisotopic (exact) mass is 394 g/mol. The van der Waals surface area contributed by atoms with E-state index in [9.17, 15) is 12.8 Å². The number of piperazine rings is 1. The first-order valence-corrected chi connectivity index (χ1v) is 10.2. The van der Waals surface area contributed by atoms with E-state index in [-0.39, 0.29) is 5.82 Å². The van der Waals surface area contributed by atoms with Crippen LogP contribution in [0.5, 0.6) is 0 Å². The molecule has 1 fully saturated rings. The molecule has 2 aromatic carbocycles. The van der Waals surface area contributed by atoms with Gasteiger partial charge in [0.05, 0.1) is 0 Å². The third-order valence-electron chi connectivity index (χ3n) is 4.35. The maximum atomic E-state index is 13.7. The van der Waals surface area contributed by atoms with E-state index in [4.69, 9.17) is 11.6 Å². The Kier molecular flexibility index (Phi) is 6.09. The van der Waals surface area contributed by atoms with Crippen LogP contribution in [0, 0.1) is 5.82 Å². The first-order chi connectivity index (χ1) is 12.4. The van der Waals surface area contributed by atoms with Crippen LogP contribution < -0.4 is 0 Å². The van der Waals surface area contributed by atoms with Crippen molar-refractivity contribution in [2.45, 2.75) is 6.54 Å². The van der Waals surface area contributed by atoms with E-state index in [1.165, 1.54) is 15.8 Å². The molecule has 2 aromatic rings. The zero-order valence-corrected chi connectivity index (χ0v) is 15.8. The lowest BCUT2D eigenvalue weighted by Crippen LogP contribution is -2.47. The van der Waals surface area contributed by atoms with Crippen molar-refractivity contribution in [3.63, 3.8) is 0 Å². The van der Waals surface area contributed by atoms with Gasteiger partial charge in [0.2, 0.25) is 10.0 Å². The molecule has 26 heavy (non-hydrogen) atoms. The number of hydrogen-bond acceptors (Lipinski definition) is 3. The van der Waals surface area contributed by atoms with Crippen LogP contribution in [0.4, 0.5) is 4.39 Å². The van der Waals surface area contributed by atoms with Crippen molar-refractivity contribution in [3.05, 3.63) is 75.9 Å². The minimum Gasteiger partial charge on any atom is -0.296 e. The largest absolute Gasteiger partial charge is 0.296 e. The van der Waals surface area contributed by atoms with Crippen LogP contribution in [0.3, 0.4) is 0 Å². The second kappa shape index (κ2) is 8.31. The molecule has 3 rings (SSSR count). The molecule has 4 nitrogen and oxygen atoms in total. The summed E-state index contributed by atoms with van der Waals surface area (Å²) < 4.78 is 40.2. The maximum absolute atomic E-state index is 13.7. The molecule has 0 bridgehead atoms. The number of hydrogen-bond donors (Lipinski definition) is 0. The summed E-state index contributed by atoms with van der Waals surface area (Å²) in [6.07, 6.45) is 1.57. The van der Waals surface area contributed by atoms with Crippen LogP contribution >= 0.6 is 11.6 Å². The lowest BCUT2D eigenvalue weighted by Gasteiger charge is -2.33. The fourth-order valence-corrected chi connectivity index (χ4v) is 4.13. The Morgan fingerprint density at radius 2 is 1.65 bits per heavy atom. The Labute approximate surface area is 158 Å². The highest BCUT2D eigenvalue weighted by Gasteiger charge is 2.25. The quantitative estimate of drug-likeness (QED) is 0.778. The van der Waals surface area contributed by atoms with Crippen molar-refractivity contribution in [2.75, 3.05) is 26.2 Å². The summed E-state index contributed by atoms with van der Waals surface area (Å²) in [6.45, 7) is 2.41. The smallest absolute Gasteiger partial charge is 0.236 e. The predicted molar refractivity (Wildman–Crippen MR) is 103 cm³/mol. The van der Waals surface area contributed by atoms with Crippen molar-refractivity contribution in [1.82, 2.24) is 9.21 Å². The molecule has 1 aliphatic rings. The van der Waals surface area contributed by atoms with Crippen molar-refractivity contribution in [2.24, 2.45) is 0 Å². The van der Waals surface area contributed by atoms with Crippen LogP contribution in [-0.4, -0.2) is 43.8 Å². The Morgan fingerprint density at radius 3 is 2.31 bits per heavy atom. The van der Waals surface area contributed by atoms with Crippen LogP contribution in [-0.2, 0) is 16.6 Å². The summed E-state index contributed by atoms with van der Waals surface area (Å²) >= 11 is 5.83. The third-order valence-corrected chi connectivity index (χ3v) is 6.16. The first kappa shape index (κ1) is 19.0. The van der Waals surface area contributed by atoms with Crippen LogP contribution in [0.25, 0.3) is 6.08 Å². The topological polar surface area (TPSA) is 40.6 Å². The molecule has 7 heteroatoms. The Balaban J connectivity index is 1.58. The van der Waals surface area contributed by atoms with E-state index in [0.717, 1.165) is 5.56 Å². The Morgan fingerprint density at radius 1 is 1.00 bits per heavy atom.